The van der Waals surface area contributed by atoms with Gasteiger partial charge in [-0.05, 0) is 47.9 Å². The van der Waals surface area contributed by atoms with Gasteiger partial charge in [-0.2, -0.15) is 0 Å². The van der Waals surface area contributed by atoms with Crippen LogP contribution in [-0.2, 0) is 24.1 Å². The van der Waals surface area contributed by atoms with Crippen LogP contribution in [0.2, 0.25) is 0 Å². The monoisotopic (exact) mass is 290 g/mol. The van der Waals surface area contributed by atoms with Gasteiger partial charge >= 0.3 is 0 Å². The molecular weight excluding hydrogens is 260 g/mol. The molecule has 0 radical (unpaired) electrons. The molecule has 118 valence electrons. The summed E-state index contributed by atoms with van der Waals surface area (Å²) in [5.41, 5.74) is 16.5. The fraction of sp³-hybridized carbons (Fsp3) is 0.611. The van der Waals surface area contributed by atoms with Crippen LogP contribution in [0.1, 0.15) is 69.3 Å². The molecule has 3 heteroatoms. The van der Waals surface area contributed by atoms with Gasteiger partial charge in [0.25, 0.3) is 0 Å². The van der Waals surface area contributed by atoms with E-state index in [1.165, 1.54) is 22.3 Å². The average molecular weight is 290 g/mol. The summed E-state index contributed by atoms with van der Waals surface area (Å²) in [4.78, 5) is 11.6. The van der Waals surface area contributed by atoms with Gasteiger partial charge in [0.2, 0.25) is 5.91 Å². The van der Waals surface area contributed by atoms with Crippen molar-refractivity contribution in [2.24, 2.45) is 16.9 Å². The highest BCUT2D eigenvalue weighted by molar-refractivity contribution is 5.80. The van der Waals surface area contributed by atoms with Crippen molar-refractivity contribution in [2.45, 2.75) is 66.3 Å². The van der Waals surface area contributed by atoms with Crippen LogP contribution in [0.4, 0.5) is 0 Å². The summed E-state index contributed by atoms with van der Waals surface area (Å²) < 4.78 is 0. The molecule has 0 heterocycles. The Morgan fingerprint density at radius 1 is 1.10 bits per heavy atom. The number of hydrogen-bond donors (Lipinski definition) is 2. The highest BCUT2D eigenvalue weighted by Gasteiger charge is 2.29. The zero-order valence-electron chi connectivity index (χ0n) is 14.1. The van der Waals surface area contributed by atoms with Gasteiger partial charge in [-0.25, -0.2) is 0 Å². The standard InChI is InChI=1S/C18H30N2O/c1-6-12-9-13(7-2)16(14(8-3)10-12)15(19)11-18(4,5)17(20)21/h9-10,15H,6-8,11,19H2,1-5H3,(H2,20,21). The molecule has 21 heavy (non-hydrogen) atoms. The molecule has 0 bridgehead atoms. The first-order valence-electron chi connectivity index (χ1n) is 7.96. The van der Waals surface area contributed by atoms with Gasteiger partial charge in [-0.15, -0.1) is 0 Å². The zero-order valence-corrected chi connectivity index (χ0v) is 14.1. The average Bonchev–Trinajstić information content (AvgIpc) is 2.44. The molecule has 0 aliphatic heterocycles. The van der Waals surface area contributed by atoms with Crippen molar-refractivity contribution in [1.82, 2.24) is 0 Å². The van der Waals surface area contributed by atoms with E-state index in [0.29, 0.717) is 6.42 Å². The van der Waals surface area contributed by atoms with Crippen molar-refractivity contribution >= 4 is 5.91 Å². The van der Waals surface area contributed by atoms with Crippen molar-refractivity contribution < 1.29 is 4.79 Å². The van der Waals surface area contributed by atoms with Crippen molar-refractivity contribution in [3.63, 3.8) is 0 Å². The Morgan fingerprint density at radius 2 is 1.57 bits per heavy atom. The lowest BCUT2D eigenvalue weighted by Gasteiger charge is -2.28. The van der Waals surface area contributed by atoms with Crippen LogP contribution in [0.15, 0.2) is 12.1 Å². The molecule has 4 N–H and O–H groups in total. The Balaban J connectivity index is 3.24. The lowest BCUT2D eigenvalue weighted by atomic mass is 9.80. The highest BCUT2D eigenvalue weighted by atomic mass is 16.1. The molecule has 1 unspecified atom stereocenters. The molecule has 0 saturated carbocycles. The van der Waals surface area contributed by atoms with Gasteiger partial charge < -0.3 is 11.5 Å². The summed E-state index contributed by atoms with van der Waals surface area (Å²) >= 11 is 0. The maximum atomic E-state index is 11.6. The van der Waals surface area contributed by atoms with E-state index in [1.54, 1.807) is 0 Å². The number of hydrogen-bond acceptors (Lipinski definition) is 2. The van der Waals surface area contributed by atoms with E-state index < -0.39 is 5.41 Å². The molecule has 1 amide bonds. The molecule has 1 aromatic rings. The molecule has 1 aromatic carbocycles. The van der Waals surface area contributed by atoms with Crippen LogP contribution in [-0.4, -0.2) is 5.91 Å². The fourth-order valence-corrected chi connectivity index (χ4v) is 2.87. The predicted molar refractivity (Wildman–Crippen MR) is 89.1 cm³/mol. The van der Waals surface area contributed by atoms with Gasteiger partial charge in [0, 0.05) is 11.5 Å². The maximum Gasteiger partial charge on any atom is 0.223 e. The number of primary amides is 1. The number of carbonyl (C=O) groups excluding carboxylic acids is 1. The van der Waals surface area contributed by atoms with Gasteiger partial charge in [-0.1, -0.05) is 46.8 Å². The summed E-state index contributed by atoms with van der Waals surface area (Å²) in [5, 5.41) is 0. The third-order valence-corrected chi connectivity index (χ3v) is 4.35. The van der Waals surface area contributed by atoms with Crippen LogP contribution >= 0.6 is 0 Å². The predicted octanol–water partition coefficient (Wildman–Crippen LogP) is 3.28. The largest absolute Gasteiger partial charge is 0.369 e. The summed E-state index contributed by atoms with van der Waals surface area (Å²) in [6.45, 7) is 10.2. The SMILES string of the molecule is CCc1cc(CC)c(C(N)CC(C)(C)C(N)=O)c(CC)c1. The Labute approximate surface area is 129 Å². The second-order valence-corrected chi connectivity index (χ2v) is 6.45. The number of amides is 1. The number of benzene rings is 1. The van der Waals surface area contributed by atoms with Gasteiger partial charge in [0.15, 0.2) is 0 Å². The topological polar surface area (TPSA) is 69.1 Å². The molecule has 0 fully saturated rings. The van der Waals surface area contributed by atoms with Crippen molar-refractivity contribution in [3.8, 4) is 0 Å². The number of carbonyl (C=O) groups is 1. The minimum absolute atomic E-state index is 0.150. The van der Waals surface area contributed by atoms with E-state index in [0.717, 1.165) is 19.3 Å². The Morgan fingerprint density at radius 3 is 1.90 bits per heavy atom. The first kappa shape index (κ1) is 17.7. The molecule has 3 nitrogen and oxygen atoms in total. The lowest BCUT2D eigenvalue weighted by molar-refractivity contribution is -0.126. The molecule has 1 rings (SSSR count). The Kier molecular flexibility index (Phi) is 5.97. The third kappa shape index (κ3) is 4.07. The normalized spacial score (nSPS) is 13.2. The minimum atomic E-state index is -0.584. The summed E-state index contributed by atoms with van der Waals surface area (Å²) in [7, 11) is 0. The Hall–Kier alpha value is -1.35. The molecule has 0 aromatic heterocycles. The van der Waals surface area contributed by atoms with E-state index in [-0.39, 0.29) is 11.9 Å². The smallest absolute Gasteiger partial charge is 0.223 e. The summed E-state index contributed by atoms with van der Waals surface area (Å²) in [6.07, 6.45) is 3.53. The first-order chi connectivity index (χ1) is 9.76. The van der Waals surface area contributed by atoms with Crippen LogP contribution in [0.3, 0.4) is 0 Å². The van der Waals surface area contributed by atoms with E-state index in [4.69, 9.17) is 11.5 Å². The molecular formula is C18H30N2O. The van der Waals surface area contributed by atoms with Crippen LogP contribution < -0.4 is 11.5 Å². The fourth-order valence-electron chi connectivity index (χ4n) is 2.87. The zero-order chi connectivity index (χ0) is 16.2. The van der Waals surface area contributed by atoms with Gasteiger partial charge in [-0.3, -0.25) is 4.79 Å². The molecule has 0 saturated heterocycles. The van der Waals surface area contributed by atoms with Gasteiger partial charge in [0.1, 0.15) is 0 Å². The van der Waals surface area contributed by atoms with Crippen molar-refractivity contribution in [1.29, 1.82) is 0 Å². The first-order valence-corrected chi connectivity index (χ1v) is 7.96. The lowest BCUT2D eigenvalue weighted by Crippen LogP contribution is -2.35. The van der Waals surface area contributed by atoms with Crippen molar-refractivity contribution in [3.05, 3.63) is 34.4 Å². The number of rotatable bonds is 7. The van der Waals surface area contributed by atoms with Gasteiger partial charge in [0.05, 0.1) is 0 Å². The Bertz CT molecular complexity index is 481. The van der Waals surface area contributed by atoms with E-state index in [2.05, 4.69) is 32.9 Å². The van der Waals surface area contributed by atoms with E-state index >= 15 is 0 Å². The van der Waals surface area contributed by atoms with E-state index in [9.17, 15) is 4.79 Å². The third-order valence-electron chi connectivity index (χ3n) is 4.35. The summed E-state index contributed by atoms with van der Waals surface area (Å²) in [5.74, 6) is -0.292. The molecule has 0 aliphatic rings. The molecule has 0 aliphatic carbocycles. The number of aryl methyl sites for hydroxylation is 3. The van der Waals surface area contributed by atoms with Crippen molar-refractivity contribution in [2.75, 3.05) is 0 Å². The maximum absolute atomic E-state index is 11.6. The summed E-state index contributed by atoms with van der Waals surface area (Å²) in [6, 6.07) is 4.36. The highest BCUT2D eigenvalue weighted by Crippen LogP contribution is 2.33. The number of nitrogens with two attached hydrogens (primary N) is 2. The second kappa shape index (κ2) is 7.08. The van der Waals surface area contributed by atoms with Crippen LogP contribution in [0, 0.1) is 5.41 Å². The minimum Gasteiger partial charge on any atom is -0.369 e. The quantitative estimate of drug-likeness (QED) is 0.809. The van der Waals surface area contributed by atoms with Crippen LogP contribution in [0.5, 0.6) is 0 Å². The van der Waals surface area contributed by atoms with Crippen LogP contribution in [0.25, 0.3) is 0 Å². The molecule has 1 atom stereocenters. The molecule has 0 spiro atoms. The second-order valence-electron chi connectivity index (χ2n) is 6.45. The van der Waals surface area contributed by atoms with E-state index in [1.807, 2.05) is 13.8 Å².